The molecule has 2 aromatic carbocycles. The predicted octanol–water partition coefficient (Wildman–Crippen LogP) is 3.70. The van der Waals surface area contributed by atoms with Gasteiger partial charge in [-0.25, -0.2) is 9.18 Å². The van der Waals surface area contributed by atoms with Crippen molar-refractivity contribution in [3.05, 3.63) is 45.8 Å². The fraction of sp³-hybridized carbons (Fsp3) is 0.0667. The molecule has 3 aromatic rings. The Hall–Kier alpha value is -2.16. The molecule has 1 aromatic heterocycles. The van der Waals surface area contributed by atoms with Crippen LogP contribution in [0.1, 0.15) is 0 Å². The van der Waals surface area contributed by atoms with Crippen LogP contribution < -0.4 is 4.74 Å². The minimum absolute atomic E-state index is 0.344. The summed E-state index contributed by atoms with van der Waals surface area (Å²) in [5.41, 5.74) is 1.17. The Kier molecular flexibility index (Phi) is 3.97. The van der Waals surface area contributed by atoms with E-state index in [1.807, 2.05) is 22.6 Å². The summed E-state index contributed by atoms with van der Waals surface area (Å²) in [6.07, 6.45) is 0. The fourth-order valence-electron chi connectivity index (χ4n) is 2.05. The number of aliphatic carboxylic acids is 1. The quantitative estimate of drug-likeness (QED) is 0.661. The van der Waals surface area contributed by atoms with Crippen molar-refractivity contribution < 1.29 is 23.6 Å². The van der Waals surface area contributed by atoms with Gasteiger partial charge in [0, 0.05) is 5.56 Å². The van der Waals surface area contributed by atoms with Crippen molar-refractivity contribution in [1.29, 1.82) is 0 Å². The van der Waals surface area contributed by atoms with Crippen LogP contribution in [0.15, 0.2) is 40.9 Å². The number of aromatic nitrogens is 1. The maximum absolute atomic E-state index is 13.9. The summed E-state index contributed by atoms with van der Waals surface area (Å²) in [5.74, 6) is -1.08. The maximum atomic E-state index is 13.9. The smallest absolute Gasteiger partial charge is 0.341 e. The molecule has 0 saturated carbocycles. The van der Waals surface area contributed by atoms with Crippen molar-refractivity contribution in [2.75, 3.05) is 6.61 Å². The van der Waals surface area contributed by atoms with Gasteiger partial charge in [0.1, 0.15) is 20.8 Å². The number of ether oxygens (including phenoxy) is 1. The molecule has 0 unspecified atom stereocenters. The van der Waals surface area contributed by atoms with Crippen LogP contribution >= 0.6 is 22.6 Å². The Balaban J connectivity index is 2.08. The number of hydrogen-bond acceptors (Lipinski definition) is 4. The molecule has 0 spiro atoms. The summed E-state index contributed by atoms with van der Waals surface area (Å²) in [5, 5.41) is 13.2. The molecule has 1 heterocycles. The van der Waals surface area contributed by atoms with Gasteiger partial charge in [-0.1, -0.05) is 17.3 Å². The highest BCUT2D eigenvalue weighted by molar-refractivity contribution is 14.1. The van der Waals surface area contributed by atoms with E-state index in [2.05, 4.69) is 5.16 Å². The molecular weight excluding hydrogens is 404 g/mol. The first-order chi connectivity index (χ1) is 10.6. The van der Waals surface area contributed by atoms with Gasteiger partial charge in [0.05, 0.1) is 5.39 Å². The average Bonchev–Trinajstić information content (AvgIpc) is 2.91. The van der Waals surface area contributed by atoms with Gasteiger partial charge in [-0.2, -0.15) is 0 Å². The highest BCUT2D eigenvalue weighted by atomic mass is 127. The highest BCUT2D eigenvalue weighted by Crippen LogP contribution is 2.35. The zero-order valence-electron chi connectivity index (χ0n) is 11.0. The number of carbonyl (C=O) groups is 1. The number of benzene rings is 2. The molecule has 0 bridgehead atoms. The van der Waals surface area contributed by atoms with Gasteiger partial charge >= 0.3 is 5.97 Å². The molecule has 5 nitrogen and oxygen atoms in total. The van der Waals surface area contributed by atoms with Crippen molar-refractivity contribution in [2.24, 2.45) is 0 Å². The molecule has 0 aliphatic heterocycles. The van der Waals surface area contributed by atoms with Crippen LogP contribution in [0.25, 0.3) is 22.2 Å². The second-order valence-corrected chi connectivity index (χ2v) is 5.53. The highest BCUT2D eigenvalue weighted by Gasteiger charge is 2.18. The van der Waals surface area contributed by atoms with Crippen molar-refractivity contribution in [2.45, 2.75) is 0 Å². The second kappa shape index (κ2) is 5.91. The predicted molar refractivity (Wildman–Crippen MR) is 85.3 cm³/mol. The number of hydrogen-bond donors (Lipinski definition) is 1. The van der Waals surface area contributed by atoms with Crippen molar-refractivity contribution in [1.82, 2.24) is 5.16 Å². The van der Waals surface area contributed by atoms with E-state index in [4.69, 9.17) is 14.4 Å². The van der Waals surface area contributed by atoms with E-state index in [9.17, 15) is 9.18 Å². The first-order valence-electron chi connectivity index (χ1n) is 6.25. The standard InChI is InChI=1S/C15H9FINO4/c16-10-4-2-1-3-8(10)14-9-5-6-11(21-7-12(19)20)13(17)15(9)22-18-14/h1-6H,7H2,(H,19,20). The molecule has 0 amide bonds. The Bertz CT molecular complexity index is 862. The summed E-state index contributed by atoms with van der Waals surface area (Å²) in [7, 11) is 0. The molecule has 0 fully saturated rings. The number of nitrogens with zero attached hydrogens (tertiary/aromatic N) is 1. The van der Waals surface area contributed by atoms with E-state index in [-0.39, 0.29) is 5.82 Å². The summed E-state index contributed by atoms with van der Waals surface area (Å²) < 4.78 is 24.9. The minimum Gasteiger partial charge on any atom is -0.481 e. The molecule has 0 aliphatic rings. The molecule has 1 N–H and O–H groups in total. The first-order valence-corrected chi connectivity index (χ1v) is 7.33. The van der Waals surface area contributed by atoms with E-state index >= 15 is 0 Å². The number of carboxylic acid groups (broad SMARTS) is 1. The van der Waals surface area contributed by atoms with Gasteiger partial charge in [0.15, 0.2) is 12.2 Å². The molecule has 0 radical (unpaired) electrons. The molecule has 0 atom stereocenters. The van der Waals surface area contributed by atoms with Gasteiger partial charge in [-0.05, 0) is 46.9 Å². The van der Waals surface area contributed by atoms with Crippen LogP contribution in [0.5, 0.6) is 5.75 Å². The van der Waals surface area contributed by atoms with Crippen LogP contribution in [-0.4, -0.2) is 22.8 Å². The summed E-state index contributed by atoms with van der Waals surface area (Å²) in [6.45, 7) is -0.449. The van der Waals surface area contributed by atoms with Gasteiger partial charge < -0.3 is 14.4 Å². The molecule has 0 aliphatic carbocycles. The molecule has 22 heavy (non-hydrogen) atoms. The lowest BCUT2D eigenvalue weighted by Gasteiger charge is -2.05. The molecular formula is C15H9FINO4. The Morgan fingerprint density at radius 1 is 1.32 bits per heavy atom. The largest absolute Gasteiger partial charge is 0.481 e. The van der Waals surface area contributed by atoms with Crippen molar-refractivity contribution in [3.8, 4) is 17.0 Å². The molecule has 3 rings (SSSR count). The number of carboxylic acids is 1. The van der Waals surface area contributed by atoms with Gasteiger partial charge in [-0.15, -0.1) is 0 Å². The average molecular weight is 413 g/mol. The van der Waals surface area contributed by atoms with Gasteiger partial charge in [0.25, 0.3) is 0 Å². The van der Waals surface area contributed by atoms with Crippen LogP contribution in [-0.2, 0) is 4.79 Å². The third-order valence-corrected chi connectivity index (χ3v) is 4.05. The Morgan fingerprint density at radius 2 is 2.09 bits per heavy atom. The van der Waals surface area contributed by atoms with E-state index in [0.717, 1.165) is 0 Å². The van der Waals surface area contributed by atoms with Crippen molar-refractivity contribution >= 4 is 39.5 Å². The van der Waals surface area contributed by atoms with Crippen LogP contribution in [0.4, 0.5) is 4.39 Å². The Labute approximate surface area is 137 Å². The maximum Gasteiger partial charge on any atom is 0.341 e. The SMILES string of the molecule is O=C(O)COc1ccc2c(-c3ccccc3F)noc2c1I. The zero-order valence-corrected chi connectivity index (χ0v) is 13.2. The third-order valence-electron chi connectivity index (χ3n) is 3.03. The lowest BCUT2D eigenvalue weighted by atomic mass is 10.1. The zero-order chi connectivity index (χ0) is 15.7. The van der Waals surface area contributed by atoms with E-state index in [1.54, 1.807) is 30.3 Å². The summed E-state index contributed by atoms with van der Waals surface area (Å²) in [4.78, 5) is 10.6. The molecule has 112 valence electrons. The molecule has 7 heteroatoms. The van der Waals surface area contributed by atoms with E-state index in [1.165, 1.54) is 6.07 Å². The van der Waals surface area contributed by atoms with Crippen molar-refractivity contribution in [3.63, 3.8) is 0 Å². The topological polar surface area (TPSA) is 72.6 Å². The number of halogens is 2. The minimum atomic E-state index is -1.07. The molecule has 0 saturated heterocycles. The van der Waals surface area contributed by atoms with E-state index in [0.29, 0.717) is 31.5 Å². The fourth-order valence-corrected chi connectivity index (χ4v) is 2.78. The second-order valence-electron chi connectivity index (χ2n) is 4.45. The van der Waals surface area contributed by atoms with Gasteiger partial charge in [-0.3, -0.25) is 0 Å². The van der Waals surface area contributed by atoms with E-state index < -0.39 is 12.6 Å². The van der Waals surface area contributed by atoms with Crippen LogP contribution in [0, 0.1) is 9.39 Å². The van der Waals surface area contributed by atoms with Gasteiger partial charge in [0.2, 0.25) is 0 Å². The third kappa shape index (κ3) is 2.63. The first kappa shape index (κ1) is 14.8. The summed E-state index contributed by atoms with van der Waals surface area (Å²) in [6, 6.07) is 9.58. The van der Waals surface area contributed by atoms with Crippen LogP contribution in [0.3, 0.4) is 0 Å². The number of fused-ring (bicyclic) bond motifs is 1. The normalized spacial score (nSPS) is 10.8. The monoisotopic (exact) mass is 413 g/mol. The lowest BCUT2D eigenvalue weighted by molar-refractivity contribution is -0.139. The lowest BCUT2D eigenvalue weighted by Crippen LogP contribution is -2.10. The Morgan fingerprint density at radius 3 is 2.82 bits per heavy atom. The number of rotatable bonds is 4. The summed E-state index contributed by atoms with van der Waals surface area (Å²) >= 11 is 1.98. The van der Waals surface area contributed by atoms with Crippen LogP contribution in [0.2, 0.25) is 0 Å².